The van der Waals surface area contributed by atoms with Gasteiger partial charge in [0.2, 0.25) is 5.91 Å². The molecular formula is C14H20N2OS. The van der Waals surface area contributed by atoms with E-state index >= 15 is 0 Å². The molecule has 1 unspecified atom stereocenters. The summed E-state index contributed by atoms with van der Waals surface area (Å²) in [6.07, 6.45) is 6.85. The molecule has 0 N–H and O–H groups in total. The molecule has 1 aliphatic rings. The number of carbonyl (C=O) groups is 1. The van der Waals surface area contributed by atoms with Crippen LogP contribution in [0.15, 0.2) is 23.4 Å². The van der Waals surface area contributed by atoms with Crippen molar-refractivity contribution in [2.45, 2.75) is 38.0 Å². The molecule has 3 nitrogen and oxygen atoms in total. The molecule has 1 aliphatic heterocycles. The quantitative estimate of drug-likeness (QED) is 0.836. The van der Waals surface area contributed by atoms with Crippen LogP contribution >= 0.6 is 11.8 Å². The van der Waals surface area contributed by atoms with E-state index in [1.165, 1.54) is 4.90 Å². The Hall–Kier alpha value is -1.03. The van der Waals surface area contributed by atoms with E-state index in [0.717, 1.165) is 37.2 Å². The summed E-state index contributed by atoms with van der Waals surface area (Å²) in [5.41, 5.74) is 0.988. The lowest BCUT2D eigenvalue weighted by molar-refractivity contribution is -0.122. The second-order valence-electron chi connectivity index (χ2n) is 4.73. The molecule has 1 aromatic heterocycles. The zero-order valence-electron chi connectivity index (χ0n) is 11.1. The van der Waals surface area contributed by atoms with Crippen LogP contribution in [0.2, 0.25) is 0 Å². The maximum absolute atomic E-state index is 12.5. The third-order valence-corrected chi connectivity index (χ3v) is 4.35. The second-order valence-corrected chi connectivity index (χ2v) is 5.86. The smallest absolute Gasteiger partial charge is 0.229 e. The van der Waals surface area contributed by atoms with Crippen LogP contribution in [-0.2, 0) is 4.79 Å². The molecule has 2 heterocycles. The van der Waals surface area contributed by atoms with Crippen LogP contribution in [0.3, 0.4) is 0 Å². The Morgan fingerprint density at radius 1 is 1.61 bits per heavy atom. The minimum absolute atomic E-state index is 0.112. The fourth-order valence-electron chi connectivity index (χ4n) is 2.19. The number of carbonyl (C=O) groups excluding carboxylic acids is 1. The zero-order valence-corrected chi connectivity index (χ0v) is 11.9. The van der Waals surface area contributed by atoms with E-state index in [9.17, 15) is 4.79 Å². The Labute approximate surface area is 113 Å². The highest BCUT2D eigenvalue weighted by molar-refractivity contribution is 7.99. The van der Waals surface area contributed by atoms with Gasteiger partial charge in [0.1, 0.15) is 0 Å². The summed E-state index contributed by atoms with van der Waals surface area (Å²) < 4.78 is 0. The average molecular weight is 264 g/mol. The number of aromatic nitrogens is 1. The minimum Gasteiger partial charge on any atom is -0.309 e. The maximum Gasteiger partial charge on any atom is 0.229 e. The van der Waals surface area contributed by atoms with Gasteiger partial charge in [-0.3, -0.25) is 9.78 Å². The fraction of sp³-hybridized carbons (Fsp3) is 0.571. The number of nitrogens with zero attached hydrogens (tertiary/aromatic N) is 2. The van der Waals surface area contributed by atoms with Crippen LogP contribution in [0.1, 0.15) is 33.1 Å². The van der Waals surface area contributed by atoms with E-state index in [1.54, 1.807) is 18.0 Å². The molecule has 4 heteroatoms. The molecular weight excluding hydrogens is 244 g/mol. The van der Waals surface area contributed by atoms with Crippen molar-refractivity contribution < 1.29 is 4.79 Å². The lowest BCUT2D eigenvalue weighted by atomic mass is 10.0. The molecule has 0 fully saturated rings. The predicted octanol–water partition coefficient (Wildman–Crippen LogP) is 3.35. The molecule has 1 amide bonds. The summed E-state index contributed by atoms with van der Waals surface area (Å²) in [4.78, 5) is 19.7. The van der Waals surface area contributed by atoms with Crippen molar-refractivity contribution in [3.05, 3.63) is 18.5 Å². The first-order chi connectivity index (χ1) is 8.74. The number of thioether (sulfide) groups is 1. The molecule has 2 rings (SSSR count). The Morgan fingerprint density at radius 3 is 3.22 bits per heavy atom. The number of anilines is 1. The largest absolute Gasteiger partial charge is 0.309 e. The number of unbranched alkanes of at least 4 members (excludes halogenated alkanes) is 1. The van der Waals surface area contributed by atoms with Gasteiger partial charge in [0, 0.05) is 29.3 Å². The monoisotopic (exact) mass is 264 g/mol. The Morgan fingerprint density at radius 2 is 2.44 bits per heavy atom. The van der Waals surface area contributed by atoms with Gasteiger partial charge in [0.15, 0.2) is 0 Å². The van der Waals surface area contributed by atoms with Gasteiger partial charge in [-0.25, -0.2) is 0 Å². The van der Waals surface area contributed by atoms with Gasteiger partial charge in [-0.2, -0.15) is 0 Å². The molecule has 1 atom stereocenters. The van der Waals surface area contributed by atoms with Gasteiger partial charge in [-0.05, 0) is 12.5 Å². The Kier molecular flexibility index (Phi) is 4.64. The van der Waals surface area contributed by atoms with Crippen molar-refractivity contribution >= 4 is 23.4 Å². The molecule has 0 aromatic carbocycles. The van der Waals surface area contributed by atoms with E-state index in [2.05, 4.69) is 11.9 Å². The standard InChI is InChI=1S/C14H20N2OS/c1-3-4-5-11(2)14(17)16-8-9-18-13-6-7-15-10-12(13)16/h6-7,10-11H,3-5,8-9H2,1-2H3. The van der Waals surface area contributed by atoms with E-state index in [4.69, 9.17) is 0 Å². The molecule has 0 saturated heterocycles. The summed E-state index contributed by atoms with van der Waals surface area (Å²) in [5, 5.41) is 0. The number of pyridine rings is 1. The number of hydrogen-bond acceptors (Lipinski definition) is 3. The summed E-state index contributed by atoms with van der Waals surface area (Å²) >= 11 is 1.81. The topological polar surface area (TPSA) is 33.2 Å². The van der Waals surface area contributed by atoms with Gasteiger partial charge in [-0.15, -0.1) is 11.8 Å². The zero-order chi connectivity index (χ0) is 13.0. The van der Waals surface area contributed by atoms with Gasteiger partial charge >= 0.3 is 0 Å². The average Bonchev–Trinajstić information content (AvgIpc) is 2.43. The number of hydrogen-bond donors (Lipinski definition) is 0. The van der Waals surface area contributed by atoms with Crippen LogP contribution < -0.4 is 4.90 Å². The summed E-state index contributed by atoms with van der Waals surface area (Å²) in [6.45, 7) is 5.00. The van der Waals surface area contributed by atoms with Crippen LogP contribution in [0.25, 0.3) is 0 Å². The second kappa shape index (κ2) is 6.23. The third kappa shape index (κ3) is 2.86. The molecule has 18 heavy (non-hydrogen) atoms. The third-order valence-electron chi connectivity index (χ3n) is 3.30. The van der Waals surface area contributed by atoms with E-state index in [0.29, 0.717) is 0 Å². The van der Waals surface area contributed by atoms with Gasteiger partial charge < -0.3 is 4.90 Å². The van der Waals surface area contributed by atoms with E-state index < -0.39 is 0 Å². The lowest BCUT2D eigenvalue weighted by Gasteiger charge is -2.30. The molecule has 0 spiro atoms. The fourth-order valence-corrected chi connectivity index (χ4v) is 3.16. The first kappa shape index (κ1) is 13.4. The lowest BCUT2D eigenvalue weighted by Crippen LogP contribution is -2.39. The highest BCUT2D eigenvalue weighted by Crippen LogP contribution is 2.34. The predicted molar refractivity (Wildman–Crippen MR) is 76.0 cm³/mol. The van der Waals surface area contributed by atoms with E-state index in [1.807, 2.05) is 24.1 Å². The highest BCUT2D eigenvalue weighted by Gasteiger charge is 2.26. The first-order valence-electron chi connectivity index (χ1n) is 6.62. The van der Waals surface area contributed by atoms with Gasteiger partial charge in [-0.1, -0.05) is 26.7 Å². The number of fused-ring (bicyclic) bond motifs is 1. The van der Waals surface area contributed by atoms with Crippen LogP contribution in [0, 0.1) is 5.92 Å². The van der Waals surface area contributed by atoms with Crippen molar-refractivity contribution in [3.63, 3.8) is 0 Å². The number of amides is 1. The normalized spacial score (nSPS) is 16.2. The molecule has 98 valence electrons. The molecule has 0 saturated carbocycles. The highest BCUT2D eigenvalue weighted by atomic mass is 32.2. The molecule has 0 bridgehead atoms. The van der Waals surface area contributed by atoms with Crippen molar-refractivity contribution in [1.82, 2.24) is 4.98 Å². The first-order valence-corrected chi connectivity index (χ1v) is 7.60. The molecule has 1 aromatic rings. The minimum atomic E-state index is 0.112. The van der Waals surface area contributed by atoms with Crippen molar-refractivity contribution in [2.75, 3.05) is 17.2 Å². The van der Waals surface area contributed by atoms with Crippen molar-refractivity contribution in [3.8, 4) is 0 Å². The van der Waals surface area contributed by atoms with Crippen molar-refractivity contribution in [1.29, 1.82) is 0 Å². The summed E-state index contributed by atoms with van der Waals surface area (Å²) in [6, 6.07) is 2.00. The summed E-state index contributed by atoms with van der Waals surface area (Å²) in [5.74, 6) is 1.34. The van der Waals surface area contributed by atoms with E-state index in [-0.39, 0.29) is 11.8 Å². The molecule has 0 radical (unpaired) electrons. The number of rotatable bonds is 4. The van der Waals surface area contributed by atoms with Gasteiger partial charge in [0.25, 0.3) is 0 Å². The van der Waals surface area contributed by atoms with Crippen LogP contribution in [0.5, 0.6) is 0 Å². The SMILES string of the molecule is CCCCC(C)C(=O)N1CCSc2ccncc21. The Bertz CT molecular complexity index is 422. The van der Waals surface area contributed by atoms with Crippen LogP contribution in [0.4, 0.5) is 5.69 Å². The summed E-state index contributed by atoms with van der Waals surface area (Å²) in [7, 11) is 0. The van der Waals surface area contributed by atoms with Crippen molar-refractivity contribution in [2.24, 2.45) is 5.92 Å². The molecule has 0 aliphatic carbocycles. The Balaban J connectivity index is 2.12. The maximum atomic E-state index is 12.5. The van der Waals surface area contributed by atoms with Gasteiger partial charge in [0.05, 0.1) is 11.9 Å². The van der Waals surface area contributed by atoms with Crippen LogP contribution in [-0.4, -0.2) is 23.2 Å².